The summed E-state index contributed by atoms with van der Waals surface area (Å²) in [7, 11) is 2.68. The number of carboxylic acid groups (broad SMARTS) is 1. The van der Waals surface area contributed by atoms with Crippen LogP contribution in [0.1, 0.15) is 71.4 Å². The fourth-order valence-corrected chi connectivity index (χ4v) is 5.03. The monoisotopic (exact) mass is 628 g/mol. The summed E-state index contributed by atoms with van der Waals surface area (Å²) in [6, 6.07) is 21.2. The summed E-state index contributed by atoms with van der Waals surface area (Å²) in [4.78, 5) is 50.9. The molecular formula is C35H36N2O9. The van der Waals surface area contributed by atoms with Gasteiger partial charge in [0.1, 0.15) is 13.2 Å². The number of carboxylic acids is 1. The fraction of sp³-hybridized carbons (Fsp3) is 0.229. The third kappa shape index (κ3) is 8.34. The maximum atomic E-state index is 13.2. The van der Waals surface area contributed by atoms with E-state index in [0.29, 0.717) is 34.5 Å². The van der Waals surface area contributed by atoms with Gasteiger partial charge in [-0.05, 0) is 84.0 Å². The van der Waals surface area contributed by atoms with Crippen LogP contribution in [-0.4, -0.2) is 42.4 Å². The van der Waals surface area contributed by atoms with Crippen LogP contribution in [0.25, 0.3) is 0 Å². The molecule has 1 amide bonds. The number of amides is 1. The quantitative estimate of drug-likeness (QED) is 0.0674. The smallest absolute Gasteiger partial charge is 0.337 e. The van der Waals surface area contributed by atoms with Crippen molar-refractivity contribution in [1.82, 2.24) is 0 Å². The van der Waals surface area contributed by atoms with E-state index in [4.69, 9.17) is 14.9 Å². The zero-order valence-corrected chi connectivity index (χ0v) is 26.0. The molecule has 4 aromatic rings. The number of rotatable bonds is 14. The Hall–Kier alpha value is -5.07. The Kier molecular flexibility index (Phi) is 11.6. The van der Waals surface area contributed by atoms with E-state index in [1.54, 1.807) is 30.3 Å². The maximum Gasteiger partial charge on any atom is 0.337 e. The van der Waals surface area contributed by atoms with Gasteiger partial charge < -0.3 is 20.5 Å². The molecular weight excluding hydrogens is 592 g/mol. The highest BCUT2D eigenvalue weighted by Crippen LogP contribution is 2.29. The molecule has 240 valence electrons. The molecule has 0 saturated heterocycles. The molecule has 0 heterocycles. The molecule has 11 nitrogen and oxygen atoms in total. The highest BCUT2D eigenvalue weighted by molar-refractivity contribution is 6.11. The van der Waals surface area contributed by atoms with E-state index >= 15 is 0 Å². The van der Waals surface area contributed by atoms with E-state index in [0.717, 1.165) is 34.4 Å². The van der Waals surface area contributed by atoms with E-state index in [-0.39, 0.29) is 24.3 Å². The van der Waals surface area contributed by atoms with Gasteiger partial charge in [0.05, 0.1) is 30.9 Å². The second kappa shape index (κ2) is 15.8. The topological polar surface area (TPSA) is 153 Å². The molecule has 0 unspecified atom stereocenters. The number of hydrogen-bond acceptors (Lipinski definition) is 9. The number of esters is 1. The number of aryl methyl sites for hydroxylation is 2. The van der Waals surface area contributed by atoms with Crippen molar-refractivity contribution < 1.29 is 44.1 Å². The molecule has 4 rings (SSSR count). The Morgan fingerprint density at radius 2 is 1.48 bits per heavy atom. The third-order valence-corrected chi connectivity index (χ3v) is 7.42. The number of carbonyl (C=O) groups is 3. The van der Waals surface area contributed by atoms with Crippen molar-refractivity contribution in [1.29, 1.82) is 0 Å². The minimum Gasteiger partial charge on any atom is -0.478 e. The molecule has 0 atom stereocenters. The summed E-state index contributed by atoms with van der Waals surface area (Å²) < 4.78 is 4.85. The van der Waals surface area contributed by atoms with Gasteiger partial charge in [-0.2, -0.15) is 0 Å². The van der Waals surface area contributed by atoms with Gasteiger partial charge >= 0.3 is 11.9 Å². The Labute approximate surface area is 266 Å². The normalized spacial score (nSPS) is 10.8. The Bertz CT molecular complexity index is 1740. The Morgan fingerprint density at radius 3 is 2.13 bits per heavy atom. The summed E-state index contributed by atoms with van der Waals surface area (Å²) in [5, 5.41) is 24.9. The molecule has 0 bridgehead atoms. The molecule has 0 aliphatic rings. The Morgan fingerprint density at radius 1 is 0.761 bits per heavy atom. The molecule has 0 aromatic heterocycles. The lowest BCUT2D eigenvalue weighted by atomic mass is 9.98. The van der Waals surface area contributed by atoms with Crippen molar-refractivity contribution >= 4 is 34.9 Å². The number of benzene rings is 4. The van der Waals surface area contributed by atoms with Crippen molar-refractivity contribution in [2.45, 2.75) is 39.9 Å². The lowest BCUT2D eigenvalue weighted by molar-refractivity contribution is -0.282. The molecule has 0 fully saturated rings. The van der Waals surface area contributed by atoms with Crippen LogP contribution in [0.3, 0.4) is 0 Å². The van der Waals surface area contributed by atoms with Crippen LogP contribution in [0.2, 0.25) is 0 Å². The van der Waals surface area contributed by atoms with E-state index < -0.39 is 17.8 Å². The zero-order chi connectivity index (χ0) is 33.2. The minimum absolute atomic E-state index is 0.0157. The molecule has 4 aromatic carbocycles. The first kappa shape index (κ1) is 33.8. The minimum atomic E-state index is -1.21. The second-order valence-corrected chi connectivity index (χ2v) is 10.5. The first-order valence-corrected chi connectivity index (χ1v) is 14.5. The fourth-order valence-electron chi connectivity index (χ4n) is 5.03. The molecule has 0 aliphatic heterocycles. The van der Waals surface area contributed by atoms with E-state index in [1.165, 1.54) is 26.4 Å². The number of carbonyl (C=O) groups excluding carboxylic acids is 2. The zero-order valence-electron chi connectivity index (χ0n) is 26.0. The highest BCUT2D eigenvalue weighted by atomic mass is 17.2. The van der Waals surface area contributed by atoms with E-state index in [9.17, 15) is 19.5 Å². The second-order valence-electron chi connectivity index (χ2n) is 10.5. The predicted molar refractivity (Wildman–Crippen MR) is 171 cm³/mol. The predicted octanol–water partition coefficient (Wildman–Crippen LogP) is 6.70. The van der Waals surface area contributed by atoms with Crippen molar-refractivity contribution in [3.63, 3.8) is 0 Å². The number of methoxy groups -OCH3 is 1. The number of nitrogens with one attached hydrogen (secondary N) is 2. The highest BCUT2D eigenvalue weighted by Gasteiger charge is 2.19. The molecule has 46 heavy (non-hydrogen) atoms. The molecule has 0 radical (unpaired) electrons. The lowest BCUT2D eigenvalue weighted by Gasteiger charge is -2.17. The van der Waals surface area contributed by atoms with Crippen molar-refractivity contribution in [3.05, 3.63) is 123 Å². The number of hydrogen-bond donors (Lipinski definition) is 4. The standard InChI is InChI=1S/C35H36N2O9/c1-5-25-16-23(8-13-31(25)36-32-18-26(35(41)43-3)9-10-27(32)20-45-42)15-22-7-12-30(21(2)14-22)37-33(38)29-17-24(19-46-44-4)6-11-28(29)34(39)40/h6-14,16-18,36,42H,5,15,19-20H2,1-4H3,(H,37,38)(H,39,40). The maximum absolute atomic E-state index is 13.2. The average molecular weight is 629 g/mol. The average Bonchev–Trinajstić information content (AvgIpc) is 3.05. The molecule has 11 heteroatoms. The van der Waals surface area contributed by atoms with Gasteiger partial charge in [-0.15, -0.1) is 0 Å². The number of ether oxygens (including phenoxy) is 1. The number of aromatic carboxylic acids is 1. The Balaban J connectivity index is 1.51. The van der Waals surface area contributed by atoms with Crippen LogP contribution in [0.5, 0.6) is 0 Å². The molecule has 0 aliphatic carbocycles. The SMILES string of the molecule is CCc1cc(Cc2ccc(NC(=O)c3cc(COOC)ccc3C(=O)O)c(C)c2)ccc1Nc1cc(C(=O)OC)ccc1COO. The first-order chi connectivity index (χ1) is 22.2. The summed E-state index contributed by atoms with van der Waals surface area (Å²) in [5.74, 6) is -2.23. The van der Waals surface area contributed by atoms with Crippen LogP contribution < -0.4 is 10.6 Å². The van der Waals surface area contributed by atoms with E-state index in [1.807, 2.05) is 38.1 Å². The van der Waals surface area contributed by atoms with Crippen molar-refractivity contribution in [2.75, 3.05) is 24.9 Å². The summed E-state index contributed by atoms with van der Waals surface area (Å²) in [5.41, 5.74) is 7.50. The van der Waals surface area contributed by atoms with Crippen LogP contribution in [0.15, 0.2) is 72.8 Å². The summed E-state index contributed by atoms with van der Waals surface area (Å²) in [6.45, 7) is 3.92. The van der Waals surface area contributed by atoms with Gasteiger partial charge in [0.15, 0.2) is 0 Å². The lowest BCUT2D eigenvalue weighted by Crippen LogP contribution is -2.17. The summed E-state index contributed by atoms with van der Waals surface area (Å²) >= 11 is 0. The largest absolute Gasteiger partial charge is 0.478 e. The first-order valence-electron chi connectivity index (χ1n) is 14.5. The molecule has 4 N–H and O–H groups in total. The van der Waals surface area contributed by atoms with Gasteiger partial charge in [0.2, 0.25) is 0 Å². The molecule has 0 saturated carbocycles. The van der Waals surface area contributed by atoms with Crippen LogP contribution in [-0.2, 0) is 45.5 Å². The van der Waals surface area contributed by atoms with Crippen molar-refractivity contribution in [2.24, 2.45) is 0 Å². The van der Waals surface area contributed by atoms with Gasteiger partial charge in [-0.3, -0.25) is 10.1 Å². The third-order valence-electron chi connectivity index (χ3n) is 7.42. The van der Waals surface area contributed by atoms with Gasteiger partial charge in [0, 0.05) is 22.6 Å². The summed E-state index contributed by atoms with van der Waals surface area (Å²) in [6.07, 6.45) is 1.37. The van der Waals surface area contributed by atoms with Crippen LogP contribution in [0, 0.1) is 6.92 Å². The van der Waals surface area contributed by atoms with Crippen LogP contribution in [0.4, 0.5) is 17.1 Å². The molecule has 0 spiro atoms. The van der Waals surface area contributed by atoms with Gasteiger partial charge in [-0.1, -0.05) is 43.3 Å². The van der Waals surface area contributed by atoms with Gasteiger partial charge in [-0.25, -0.2) is 24.3 Å². The van der Waals surface area contributed by atoms with Gasteiger partial charge in [0.25, 0.3) is 5.91 Å². The van der Waals surface area contributed by atoms with Crippen molar-refractivity contribution in [3.8, 4) is 0 Å². The number of anilines is 3. The van der Waals surface area contributed by atoms with Crippen LogP contribution >= 0.6 is 0 Å². The van der Waals surface area contributed by atoms with E-state index in [2.05, 4.69) is 26.5 Å².